The largest absolute Gasteiger partial charge is 0.381 e. The Morgan fingerprint density at radius 3 is 2.52 bits per heavy atom. The Labute approximate surface area is 140 Å². The summed E-state index contributed by atoms with van der Waals surface area (Å²) in [5.41, 5.74) is 0. The second kappa shape index (κ2) is 7.27. The van der Waals surface area contributed by atoms with Gasteiger partial charge in [0.05, 0.1) is 0 Å². The van der Waals surface area contributed by atoms with E-state index in [2.05, 4.69) is 10.3 Å². The van der Waals surface area contributed by atoms with Gasteiger partial charge in [-0.25, -0.2) is 0 Å². The number of nitrogens with zero attached hydrogens (tertiary/aromatic N) is 4. The van der Waals surface area contributed by atoms with Gasteiger partial charge in [0.25, 0.3) is 0 Å². The molecule has 0 aromatic carbocycles. The zero-order valence-electron chi connectivity index (χ0n) is 13.1. The highest BCUT2D eigenvalue weighted by molar-refractivity contribution is 5.85. The number of likely N-dealkylation sites (tertiary alicyclic amines) is 1. The maximum absolute atomic E-state index is 12.5. The van der Waals surface area contributed by atoms with Crippen molar-refractivity contribution in [3.63, 3.8) is 0 Å². The summed E-state index contributed by atoms with van der Waals surface area (Å²) >= 11 is 0. The maximum atomic E-state index is 12.5. The zero-order chi connectivity index (χ0) is 15.7. The number of hydrogen-bond donors (Lipinski definition) is 1. The lowest BCUT2D eigenvalue weighted by atomic mass is 9.92. The molecule has 1 N–H and O–H groups in total. The number of aryl methyl sites for hydroxylation is 1. The lowest BCUT2D eigenvalue weighted by molar-refractivity contribution is -0.389. The summed E-state index contributed by atoms with van der Waals surface area (Å²) in [5.74, 6) is 1.66. The molecule has 2 atom stereocenters. The van der Waals surface area contributed by atoms with Gasteiger partial charge in [0.2, 0.25) is 11.7 Å². The number of amides is 1. The third-order valence-corrected chi connectivity index (χ3v) is 4.83. The van der Waals surface area contributed by atoms with Crippen LogP contribution < -0.4 is 5.32 Å². The molecule has 2 aliphatic rings. The van der Waals surface area contributed by atoms with Crippen molar-refractivity contribution < 1.29 is 9.72 Å². The molecular weight excluding hydrogens is 322 g/mol. The van der Waals surface area contributed by atoms with Crippen LogP contribution in [0.5, 0.6) is 0 Å². The van der Waals surface area contributed by atoms with E-state index < -0.39 is 4.92 Å². The van der Waals surface area contributed by atoms with Crippen molar-refractivity contribution in [2.45, 2.75) is 26.3 Å². The van der Waals surface area contributed by atoms with E-state index in [1.807, 2.05) is 4.90 Å². The fraction of sp³-hybridized carbons (Fsp3) is 0.714. The molecule has 128 valence electrons. The first-order valence-electron chi connectivity index (χ1n) is 7.71. The van der Waals surface area contributed by atoms with E-state index in [0.29, 0.717) is 17.7 Å². The van der Waals surface area contributed by atoms with Crippen molar-refractivity contribution in [2.75, 3.05) is 26.2 Å². The monoisotopic (exact) mass is 343 g/mol. The fourth-order valence-corrected chi connectivity index (χ4v) is 3.45. The standard InChI is InChI=1S/C14H21N5O3.ClH/c1-10-16-13(19(21)22)8-18(10)9-14(20)17-4-2-11-6-15-7-12(11)3-5-17;/h8,11-12,15H,2-7,9H2,1H3;1H/t11-,12+;. The van der Waals surface area contributed by atoms with Gasteiger partial charge in [-0.3, -0.25) is 9.36 Å². The minimum absolute atomic E-state index is 0. The number of nitrogens with one attached hydrogen (secondary N) is 1. The molecule has 0 aliphatic carbocycles. The van der Waals surface area contributed by atoms with Crippen LogP contribution in [0.25, 0.3) is 0 Å². The Balaban J connectivity index is 0.00000192. The molecule has 0 radical (unpaired) electrons. The predicted octanol–water partition coefficient (Wildman–Crippen LogP) is 0.980. The summed E-state index contributed by atoms with van der Waals surface area (Å²) in [6.45, 7) is 5.47. The summed E-state index contributed by atoms with van der Waals surface area (Å²) in [4.78, 5) is 28.4. The summed E-state index contributed by atoms with van der Waals surface area (Å²) in [6, 6.07) is 0. The van der Waals surface area contributed by atoms with Gasteiger partial charge in [-0.15, -0.1) is 12.4 Å². The average molecular weight is 344 g/mol. The van der Waals surface area contributed by atoms with E-state index >= 15 is 0 Å². The number of carbonyl (C=O) groups is 1. The molecule has 0 saturated carbocycles. The van der Waals surface area contributed by atoms with Gasteiger partial charge in [0, 0.05) is 20.0 Å². The molecule has 0 spiro atoms. The minimum Gasteiger partial charge on any atom is -0.358 e. The molecule has 3 heterocycles. The number of aromatic nitrogens is 2. The first-order valence-corrected chi connectivity index (χ1v) is 7.71. The highest BCUT2D eigenvalue weighted by atomic mass is 35.5. The van der Waals surface area contributed by atoms with Crippen LogP contribution in [0.15, 0.2) is 6.20 Å². The minimum atomic E-state index is -0.534. The second-order valence-electron chi connectivity index (χ2n) is 6.17. The summed E-state index contributed by atoms with van der Waals surface area (Å²) in [7, 11) is 0. The van der Waals surface area contributed by atoms with Crippen molar-refractivity contribution in [1.82, 2.24) is 19.8 Å². The molecule has 8 nitrogen and oxygen atoms in total. The molecule has 23 heavy (non-hydrogen) atoms. The maximum Gasteiger partial charge on any atom is 0.381 e. The lowest BCUT2D eigenvalue weighted by Gasteiger charge is -2.21. The number of imidazole rings is 1. The first-order chi connectivity index (χ1) is 10.5. The third kappa shape index (κ3) is 3.81. The number of carbonyl (C=O) groups excluding carboxylic acids is 1. The molecule has 0 unspecified atom stereocenters. The quantitative estimate of drug-likeness (QED) is 0.652. The molecule has 3 rings (SSSR count). The normalized spacial score (nSPS) is 23.8. The summed E-state index contributed by atoms with van der Waals surface area (Å²) in [6.07, 6.45) is 3.41. The van der Waals surface area contributed by atoms with Crippen molar-refractivity contribution in [3.8, 4) is 0 Å². The molecule has 1 amide bonds. The smallest absolute Gasteiger partial charge is 0.358 e. The SMILES string of the molecule is Cc1nc([N+](=O)[O-])cn1CC(=O)N1CC[C@@H]2CNC[C@@H]2CC1.Cl. The zero-order valence-corrected chi connectivity index (χ0v) is 13.9. The molecule has 2 saturated heterocycles. The molecule has 2 aliphatic heterocycles. The highest BCUT2D eigenvalue weighted by Crippen LogP contribution is 2.27. The lowest BCUT2D eigenvalue weighted by Crippen LogP contribution is -2.35. The van der Waals surface area contributed by atoms with Crippen LogP contribution in [0.4, 0.5) is 5.82 Å². The molecule has 0 bridgehead atoms. The van der Waals surface area contributed by atoms with Crippen molar-refractivity contribution in [1.29, 1.82) is 0 Å². The van der Waals surface area contributed by atoms with Gasteiger partial charge in [0.1, 0.15) is 12.7 Å². The van der Waals surface area contributed by atoms with Gasteiger partial charge in [0.15, 0.2) is 0 Å². The predicted molar refractivity (Wildman–Crippen MR) is 86.5 cm³/mol. The number of halogens is 1. The highest BCUT2D eigenvalue weighted by Gasteiger charge is 2.31. The van der Waals surface area contributed by atoms with Crippen LogP contribution in [0.2, 0.25) is 0 Å². The van der Waals surface area contributed by atoms with Gasteiger partial charge in [-0.05, 0) is 47.7 Å². The number of nitro groups is 1. The Bertz CT molecular complexity index is 577. The van der Waals surface area contributed by atoms with Gasteiger partial charge < -0.3 is 20.3 Å². The molecule has 9 heteroatoms. The Hall–Kier alpha value is -1.67. The van der Waals surface area contributed by atoms with E-state index in [1.54, 1.807) is 11.5 Å². The third-order valence-electron chi connectivity index (χ3n) is 4.83. The second-order valence-corrected chi connectivity index (χ2v) is 6.17. The molecular formula is C14H22ClN5O3. The van der Waals surface area contributed by atoms with Crippen LogP contribution in [0.1, 0.15) is 18.7 Å². The van der Waals surface area contributed by atoms with Crippen LogP contribution in [-0.2, 0) is 11.3 Å². The summed E-state index contributed by atoms with van der Waals surface area (Å²) < 4.78 is 1.56. The summed E-state index contributed by atoms with van der Waals surface area (Å²) in [5, 5.41) is 14.2. The van der Waals surface area contributed by atoms with Crippen LogP contribution in [-0.4, -0.2) is 51.5 Å². The van der Waals surface area contributed by atoms with Crippen molar-refractivity contribution in [2.24, 2.45) is 11.8 Å². The number of hydrogen-bond acceptors (Lipinski definition) is 5. The number of rotatable bonds is 3. The molecule has 1 aromatic rings. The topological polar surface area (TPSA) is 93.3 Å². The van der Waals surface area contributed by atoms with E-state index in [-0.39, 0.29) is 30.7 Å². The van der Waals surface area contributed by atoms with E-state index in [4.69, 9.17) is 0 Å². The number of fused-ring (bicyclic) bond motifs is 1. The average Bonchev–Trinajstić information content (AvgIpc) is 3.01. The van der Waals surface area contributed by atoms with Crippen LogP contribution >= 0.6 is 12.4 Å². The van der Waals surface area contributed by atoms with E-state index in [1.165, 1.54) is 6.20 Å². The molecule has 2 fully saturated rings. The van der Waals surface area contributed by atoms with E-state index in [0.717, 1.165) is 39.0 Å². The van der Waals surface area contributed by atoms with Crippen LogP contribution in [0, 0.1) is 28.9 Å². The van der Waals surface area contributed by atoms with Gasteiger partial charge in [-0.2, -0.15) is 0 Å². The van der Waals surface area contributed by atoms with Crippen molar-refractivity contribution >= 4 is 24.1 Å². The van der Waals surface area contributed by atoms with Crippen molar-refractivity contribution in [3.05, 3.63) is 22.1 Å². The van der Waals surface area contributed by atoms with Gasteiger partial charge >= 0.3 is 5.82 Å². The Kier molecular flexibility index (Phi) is 5.59. The van der Waals surface area contributed by atoms with Gasteiger partial charge in [-0.1, -0.05) is 0 Å². The fourth-order valence-electron chi connectivity index (χ4n) is 3.45. The first kappa shape index (κ1) is 17.7. The Morgan fingerprint density at radius 2 is 2.00 bits per heavy atom. The van der Waals surface area contributed by atoms with E-state index in [9.17, 15) is 14.9 Å². The van der Waals surface area contributed by atoms with Crippen LogP contribution in [0.3, 0.4) is 0 Å². The Morgan fingerprint density at radius 1 is 1.39 bits per heavy atom. The molecule has 1 aromatic heterocycles.